The monoisotopic (exact) mass is 236 g/mol. The van der Waals surface area contributed by atoms with Gasteiger partial charge < -0.3 is 15.2 Å². The van der Waals surface area contributed by atoms with Gasteiger partial charge in [0.25, 0.3) is 5.91 Å². The second-order valence-corrected chi connectivity index (χ2v) is 4.46. The zero-order valence-corrected chi connectivity index (χ0v) is 10.3. The fourth-order valence-corrected chi connectivity index (χ4v) is 2.32. The fraction of sp³-hybridized carbons (Fsp3) is 0.667. The predicted molar refractivity (Wildman–Crippen MR) is 65.8 cm³/mol. The highest BCUT2D eigenvalue weighted by Gasteiger charge is 2.25. The Morgan fingerprint density at radius 2 is 2.53 bits per heavy atom. The summed E-state index contributed by atoms with van der Waals surface area (Å²) >= 11 is 0. The first-order chi connectivity index (χ1) is 8.33. The van der Waals surface area contributed by atoms with E-state index < -0.39 is 0 Å². The van der Waals surface area contributed by atoms with Gasteiger partial charge in [0, 0.05) is 19.1 Å². The van der Waals surface area contributed by atoms with Crippen molar-refractivity contribution >= 4 is 5.91 Å². The van der Waals surface area contributed by atoms with Crippen molar-refractivity contribution in [2.45, 2.75) is 32.2 Å². The Kier molecular flexibility index (Phi) is 4.14. The van der Waals surface area contributed by atoms with Crippen LogP contribution in [-0.2, 0) is 0 Å². The molecule has 0 radical (unpaired) electrons. The van der Waals surface area contributed by atoms with E-state index in [-0.39, 0.29) is 5.91 Å². The highest BCUT2D eigenvalue weighted by Crippen LogP contribution is 2.13. The molecule has 2 heterocycles. The smallest absolute Gasteiger partial charge is 0.272 e. The van der Waals surface area contributed by atoms with Crippen molar-refractivity contribution in [2.24, 2.45) is 0 Å². The molecular formula is C12H20N4O. The van der Waals surface area contributed by atoms with Gasteiger partial charge in [-0.15, -0.1) is 0 Å². The third kappa shape index (κ3) is 2.85. The Morgan fingerprint density at radius 3 is 3.12 bits per heavy atom. The highest BCUT2D eigenvalue weighted by molar-refractivity contribution is 5.92. The van der Waals surface area contributed by atoms with Gasteiger partial charge in [0.05, 0.1) is 12.5 Å². The van der Waals surface area contributed by atoms with Gasteiger partial charge >= 0.3 is 0 Å². The average Bonchev–Trinajstić information content (AvgIpc) is 2.90. The first-order valence-electron chi connectivity index (χ1n) is 6.33. The zero-order chi connectivity index (χ0) is 12.1. The number of aromatic nitrogens is 2. The first-order valence-corrected chi connectivity index (χ1v) is 6.33. The van der Waals surface area contributed by atoms with Gasteiger partial charge in [-0.1, -0.05) is 6.92 Å². The molecule has 1 fully saturated rings. The number of piperidine rings is 1. The summed E-state index contributed by atoms with van der Waals surface area (Å²) in [6, 6.07) is 0.319. The molecule has 1 atom stereocenters. The first kappa shape index (κ1) is 12.1. The number of nitrogens with one attached hydrogen (secondary N) is 2. The van der Waals surface area contributed by atoms with Crippen LogP contribution in [0.3, 0.4) is 0 Å². The molecule has 2 rings (SSSR count). The lowest BCUT2D eigenvalue weighted by Gasteiger charge is -2.34. The summed E-state index contributed by atoms with van der Waals surface area (Å²) in [5.41, 5.74) is 0.587. The van der Waals surface area contributed by atoms with Crippen LogP contribution >= 0.6 is 0 Å². The third-order valence-electron chi connectivity index (χ3n) is 3.17. The number of rotatable bonds is 4. The molecule has 94 valence electrons. The normalized spacial score (nSPS) is 20.2. The number of amides is 1. The molecule has 1 aliphatic heterocycles. The standard InChI is InChI=1S/C12H20N4O/c1-2-6-16(10-4-3-5-13-7-10)12(17)11-8-14-9-15-11/h8-10,13H,2-7H2,1H3,(H,14,15). The zero-order valence-electron chi connectivity index (χ0n) is 10.3. The quantitative estimate of drug-likeness (QED) is 0.820. The molecule has 0 aromatic carbocycles. The second kappa shape index (κ2) is 5.82. The molecule has 1 aliphatic rings. The van der Waals surface area contributed by atoms with Crippen LogP contribution in [0.15, 0.2) is 12.5 Å². The van der Waals surface area contributed by atoms with Crippen molar-refractivity contribution in [3.63, 3.8) is 0 Å². The number of hydrogen-bond donors (Lipinski definition) is 2. The number of hydrogen-bond acceptors (Lipinski definition) is 3. The summed E-state index contributed by atoms with van der Waals surface area (Å²) in [6.07, 6.45) is 6.36. The average molecular weight is 236 g/mol. The van der Waals surface area contributed by atoms with Gasteiger partial charge in [-0.2, -0.15) is 0 Å². The molecule has 2 N–H and O–H groups in total. The van der Waals surface area contributed by atoms with Crippen LogP contribution in [-0.4, -0.2) is 46.5 Å². The van der Waals surface area contributed by atoms with Crippen molar-refractivity contribution in [3.05, 3.63) is 18.2 Å². The summed E-state index contributed by atoms with van der Waals surface area (Å²) < 4.78 is 0. The van der Waals surface area contributed by atoms with Crippen LogP contribution in [0.1, 0.15) is 36.7 Å². The van der Waals surface area contributed by atoms with E-state index in [1.165, 1.54) is 0 Å². The van der Waals surface area contributed by atoms with Crippen LogP contribution in [0.5, 0.6) is 0 Å². The van der Waals surface area contributed by atoms with Crippen molar-refractivity contribution in [1.29, 1.82) is 0 Å². The highest BCUT2D eigenvalue weighted by atomic mass is 16.2. The second-order valence-electron chi connectivity index (χ2n) is 4.46. The van der Waals surface area contributed by atoms with E-state index in [1.807, 2.05) is 4.90 Å². The summed E-state index contributed by atoms with van der Waals surface area (Å²) in [4.78, 5) is 21.1. The van der Waals surface area contributed by atoms with E-state index in [4.69, 9.17) is 0 Å². The molecule has 5 heteroatoms. The number of carbonyl (C=O) groups is 1. The van der Waals surface area contributed by atoms with Crippen molar-refractivity contribution in [2.75, 3.05) is 19.6 Å². The molecular weight excluding hydrogens is 216 g/mol. The summed E-state index contributed by atoms with van der Waals surface area (Å²) in [5, 5.41) is 3.35. The minimum atomic E-state index is 0.0676. The van der Waals surface area contributed by atoms with Gasteiger partial charge in [-0.3, -0.25) is 4.79 Å². The molecule has 0 spiro atoms. The Balaban J connectivity index is 2.07. The van der Waals surface area contributed by atoms with Crippen molar-refractivity contribution < 1.29 is 4.79 Å². The van der Waals surface area contributed by atoms with Crippen LogP contribution in [0.25, 0.3) is 0 Å². The lowest BCUT2D eigenvalue weighted by molar-refractivity contribution is 0.0643. The topological polar surface area (TPSA) is 61.0 Å². The molecule has 0 aliphatic carbocycles. The van der Waals surface area contributed by atoms with Gasteiger partial charge in [-0.05, 0) is 25.8 Å². The molecule has 17 heavy (non-hydrogen) atoms. The number of imidazole rings is 1. The number of H-pyrrole nitrogens is 1. The maximum Gasteiger partial charge on any atom is 0.272 e. The number of nitrogens with zero attached hydrogens (tertiary/aromatic N) is 2. The predicted octanol–water partition coefficient (Wildman–Crippen LogP) is 1.01. The molecule has 1 unspecified atom stereocenters. The van der Waals surface area contributed by atoms with Gasteiger partial charge in [-0.25, -0.2) is 4.98 Å². The minimum Gasteiger partial charge on any atom is -0.341 e. The van der Waals surface area contributed by atoms with E-state index in [9.17, 15) is 4.79 Å². The SMILES string of the molecule is CCCN(C(=O)c1cnc[nH]1)C1CCCNC1. The van der Waals surface area contributed by atoms with Crippen LogP contribution in [0.4, 0.5) is 0 Å². The van der Waals surface area contributed by atoms with E-state index in [2.05, 4.69) is 22.2 Å². The Labute approximate surface area is 102 Å². The molecule has 5 nitrogen and oxygen atoms in total. The summed E-state index contributed by atoms with van der Waals surface area (Å²) in [6.45, 7) is 4.88. The van der Waals surface area contributed by atoms with Gasteiger partial charge in [0.1, 0.15) is 5.69 Å². The van der Waals surface area contributed by atoms with Gasteiger partial charge in [0.2, 0.25) is 0 Å². The fourth-order valence-electron chi connectivity index (χ4n) is 2.32. The van der Waals surface area contributed by atoms with E-state index in [0.29, 0.717) is 11.7 Å². The molecule has 1 saturated heterocycles. The summed E-state index contributed by atoms with van der Waals surface area (Å²) in [5.74, 6) is 0.0676. The van der Waals surface area contributed by atoms with Crippen molar-refractivity contribution in [3.8, 4) is 0 Å². The Hall–Kier alpha value is -1.36. The number of carbonyl (C=O) groups excluding carboxylic acids is 1. The van der Waals surface area contributed by atoms with E-state index in [1.54, 1.807) is 12.5 Å². The third-order valence-corrected chi connectivity index (χ3v) is 3.17. The summed E-state index contributed by atoms with van der Waals surface area (Å²) in [7, 11) is 0. The lowest BCUT2D eigenvalue weighted by Crippen LogP contribution is -2.49. The molecule has 1 aromatic rings. The molecule has 0 saturated carbocycles. The van der Waals surface area contributed by atoms with Gasteiger partial charge in [0.15, 0.2) is 0 Å². The lowest BCUT2D eigenvalue weighted by atomic mass is 10.1. The largest absolute Gasteiger partial charge is 0.341 e. The van der Waals surface area contributed by atoms with E-state index >= 15 is 0 Å². The maximum atomic E-state index is 12.3. The van der Waals surface area contributed by atoms with Crippen LogP contribution in [0.2, 0.25) is 0 Å². The Bertz CT molecular complexity index is 343. The minimum absolute atomic E-state index is 0.0676. The van der Waals surface area contributed by atoms with Crippen molar-refractivity contribution in [1.82, 2.24) is 20.2 Å². The van der Waals surface area contributed by atoms with Crippen LogP contribution in [0, 0.1) is 0 Å². The molecule has 1 amide bonds. The Morgan fingerprint density at radius 1 is 1.65 bits per heavy atom. The van der Waals surface area contributed by atoms with Crippen LogP contribution < -0.4 is 5.32 Å². The maximum absolute atomic E-state index is 12.3. The number of aromatic amines is 1. The molecule has 1 aromatic heterocycles. The molecule has 0 bridgehead atoms. The van der Waals surface area contributed by atoms with E-state index in [0.717, 1.165) is 38.9 Å².